The maximum Gasteiger partial charge on any atom is 0.129 e. The lowest BCUT2D eigenvalue weighted by Crippen LogP contribution is -2.07. The number of carbonyl (C=O) groups is 1. The van der Waals surface area contributed by atoms with Crippen LogP contribution in [0, 0.1) is 0 Å². The van der Waals surface area contributed by atoms with Crippen LogP contribution < -0.4 is 5.32 Å². The van der Waals surface area contributed by atoms with Gasteiger partial charge >= 0.3 is 0 Å². The molecule has 2 nitrogen and oxygen atoms in total. The van der Waals surface area contributed by atoms with Gasteiger partial charge in [-0.25, -0.2) is 0 Å². The summed E-state index contributed by atoms with van der Waals surface area (Å²) in [6, 6.07) is 0. The number of carbonyl (C=O) groups excluding carboxylic acids is 1. The molecule has 0 aliphatic heterocycles. The van der Waals surface area contributed by atoms with Gasteiger partial charge in [-0.2, -0.15) is 0 Å². The summed E-state index contributed by atoms with van der Waals surface area (Å²) in [6.45, 7) is 4.62. The molecule has 0 radical (unpaired) electrons. The van der Waals surface area contributed by atoms with Crippen molar-refractivity contribution in [3.05, 3.63) is 12.3 Å². The Morgan fingerprint density at radius 1 is 1.55 bits per heavy atom. The van der Waals surface area contributed by atoms with Gasteiger partial charge in [0.05, 0.1) is 0 Å². The lowest BCUT2D eigenvalue weighted by atomic mass is 10.2. The van der Waals surface area contributed by atoms with E-state index in [9.17, 15) is 4.79 Å². The average molecular weight is 155 g/mol. The first-order valence-electron chi connectivity index (χ1n) is 4.15. The van der Waals surface area contributed by atoms with Crippen molar-refractivity contribution >= 4 is 5.78 Å². The largest absolute Gasteiger partial charge is 0.391 e. The van der Waals surface area contributed by atoms with E-state index in [2.05, 4.69) is 18.3 Å². The fraction of sp³-hybridized carbons (Fsp3) is 0.667. The summed E-state index contributed by atoms with van der Waals surface area (Å²) in [7, 11) is 0. The molecule has 0 saturated heterocycles. The van der Waals surface area contributed by atoms with Crippen LogP contribution in [0.3, 0.4) is 0 Å². The van der Waals surface area contributed by atoms with E-state index in [0.717, 1.165) is 19.4 Å². The third kappa shape index (κ3) is 9.21. The molecule has 0 heterocycles. The van der Waals surface area contributed by atoms with Gasteiger partial charge in [0.15, 0.2) is 0 Å². The van der Waals surface area contributed by atoms with Crippen molar-refractivity contribution in [1.29, 1.82) is 0 Å². The first kappa shape index (κ1) is 10.2. The molecule has 0 atom stereocenters. The number of hydrogen-bond donors (Lipinski definition) is 1. The maximum atomic E-state index is 10.5. The van der Waals surface area contributed by atoms with Gasteiger partial charge in [0.25, 0.3) is 0 Å². The van der Waals surface area contributed by atoms with Crippen LogP contribution in [0.1, 0.15) is 33.1 Å². The predicted molar refractivity (Wildman–Crippen MR) is 47.3 cm³/mol. The summed E-state index contributed by atoms with van der Waals surface area (Å²) in [5.74, 6) is 0.270. The topological polar surface area (TPSA) is 29.1 Å². The third-order valence-corrected chi connectivity index (χ3v) is 1.32. The van der Waals surface area contributed by atoms with Crippen LogP contribution in [-0.4, -0.2) is 12.3 Å². The lowest BCUT2D eigenvalue weighted by molar-refractivity contribution is -0.117. The lowest BCUT2D eigenvalue weighted by Gasteiger charge is -1.97. The highest BCUT2D eigenvalue weighted by atomic mass is 16.1. The molecule has 0 fully saturated rings. The van der Waals surface area contributed by atoms with Crippen LogP contribution in [0.5, 0.6) is 0 Å². The fourth-order valence-corrected chi connectivity index (χ4v) is 0.724. The molecule has 0 aromatic heterocycles. The van der Waals surface area contributed by atoms with Crippen molar-refractivity contribution in [1.82, 2.24) is 5.32 Å². The number of ketones is 1. The van der Waals surface area contributed by atoms with Gasteiger partial charge in [-0.05, 0) is 26.0 Å². The molecule has 0 saturated carbocycles. The molecule has 64 valence electrons. The summed E-state index contributed by atoms with van der Waals surface area (Å²) >= 11 is 0. The number of allylic oxidation sites excluding steroid dienone is 1. The van der Waals surface area contributed by atoms with Crippen LogP contribution >= 0.6 is 0 Å². The Hall–Kier alpha value is -0.790. The minimum absolute atomic E-state index is 0.270. The predicted octanol–water partition coefficient (Wildman–Crippen LogP) is 1.87. The number of Topliss-reactive ketones (excluding diaryl/α,β-unsaturated/α-hetero) is 1. The number of nitrogens with one attached hydrogen (secondary N) is 1. The molecule has 0 bridgehead atoms. The SMILES string of the molecule is CC/C=C\NCCCC(C)=O. The molecule has 0 aromatic rings. The standard InChI is InChI=1S/C9H17NO/c1-3-4-7-10-8-5-6-9(2)11/h4,7,10H,3,5-6,8H2,1-2H3/b7-4-. The van der Waals surface area contributed by atoms with E-state index in [1.54, 1.807) is 6.92 Å². The van der Waals surface area contributed by atoms with Crippen LogP contribution in [0.2, 0.25) is 0 Å². The smallest absolute Gasteiger partial charge is 0.129 e. The molecule has 0 aliphatic carbocycles. The molecule has 0 spiro atoms. The Kier molecular flexibility index (Phi) is 6.79. The molecule has 0 unspecified atom stereocenters. The number of hydrogen-bond acceptors (Lipinski definition) is 2. The van der Waals surface area contributed by atoms with E-state index in [1.165, 1.54) is 0 Å². The Balaban J connectivity index is 3.02. The second-order valence-electron chi connectivity index (χ2n) is 2.57. The molecule has 11 heavy (non-hydrogen) atoms. The quantitative estimate of drug-likeness (QED) is 0.593. The van der Waals surface area contributed by atoms with E-state index < -0.39 is 0 Å². The van der Waals surface area contributed by atoms with Gasteiger partial charge in [0, 0.05) is 13.0 Å². The summed E-state index contributed by atoms with van der Waals surface area (Å²) < 4.78 is 0. The minimum Gasteiger partial charge on any atom is -0.391 e. The first-order chi connectivity index (χ1) is 5.27. The highest BCUT2D eigenvalue weighted by Crippen LogP contribution is 1.87. The summed E-state index contributed by atoms with van der Waals surface area (Å²) in [5.41, 5.74) is 0. The molecule has 0 aliphatic rings. The van der Waals surface area contributed by atoms with E-state index >= 15 is 0 Å². The first-order valence-corrected chi connectivity index (χ1v) is 4.15. The van der Waals surface area contributed by atoms with Gasteiger partial charge in [0.2, 0.25) is 0 Å². The van der Waals surface area contributed by atoms with Gasteiger partial charge in [-0.1, -0.05) is 13.0 Å². The van der Waals surface area contributed by atoms with Crippen molar-refractivity contribution in [3.8, 4) is 0 Å². The van der Waals surface area contributed by atoms with Gasteiger partial charge in [-0.15, -0.1) is 0 Å². The molecule has 2 heteroatoms. The zero-order chi connectivity index (χ0) is 8.53. The van der Waals surface area contributed by atoms with Crippen molar-refractivity contribution in [2.24, 2.45) is 0 Å². The molecule has 0 rings (SSSR count). The Labute approximate surface area is 68.7 Å². The molecule has 0 aromatic carbocycles. The molecular formula is C9H17NO. The van der Waals surface area contributed by atoms with Crippen molar-refractivity contribution in [2.75, 3.05) is 6.54 Å². The second-order valence-corrected chi connectivity index (χ2v) is 2.57. The Bertz CT molecular complexity index is 130. The zero-order valence-electron chi connectivity index (χ0n) is 7.39. The van der Waals surface area contributed by atoms with E-state index in [1.807, 2.05) is 6.20 Å². The monoisotopic (exact) mass is 155 g/mol. The normalized spacial score (nSPS) is 10.4. The molecule has 0 amide bonds. The second kappa shape index (κ2) is 7.32. The van der Waals surface area contributed by atoms with Crippen molar-refractivity contribution in [3.63, 3.8) is 0 Å². The van der Waals surface area contributed by atoms with Gasteiger partial charge < -0.3 is 10.1 Å². The van der Waals surface area contributed by atoms with Crippen LogP contribution in [0.25, 0.3) is 0 Å². The van der Waals surface area contributed by atoms with Gasteiger partial charge in [0.1, 0.15) is 5.78 Å². The van der Waals surface area contributed by atoms with E-state index in [-0.39, 0.29) is 5.78 Å². The van der Waals surface area contributed by atoms with E-state index in [0.29, 0.717) is 6.42 Å². The van der Waals surface area contributed by atoms with Gasteiger partial charge in [-0.3, -0.25) is 0 Å². The average Bonchev–Trinajstić information content (AvgIpc) is 1.96. The highest BCUT2D eigenvalue weighted by molar-refractivity contribution is 5.75. The molecular weight excluding hydrogens is 138 g/mol. The summed E-state index contributed by atoms with van der Waals surface area (Å²) in [5, 5.41) is 3.11. The highest BCUT2D eigenvalue weighted by Gasteiger charge is 1.90. The van der Waals surface area contributed by atoms with Crippen LogP contribution in [-0.2, 0) is 4.79 Å². The molecule has 1 N–H and O–H groups in total. The summed E-state index contributed by atoms with van der Waals surface area (Å²) in [4.78, 5) is 10.5. The summed E-state index contributed by atoms with van der Waals surface area (Å²) in [6.07, 6.45) is 6.68. The number of rotatable bonds is 6. The maximum absolute atomic E-state index is 10.5. The van der Waals surface area contributed by atoms with Crippen LogP contribution in [0.4, 0.5) is 0 Å². The zero-order valence-corrected chi connectivity index (χ0v) is 7.39. The minimum atomic E-state index is 0.270. The fourth-order valence-electron chi connectivity index (χ4n) is 0.724. The van der Waals surface area contributed by atoms with Crippen molar-refractivity contribution in [2.45, 2.75) is 33.1 Å². The Morgan fingerprint density at radius 2 is 2.27 bits per heavy atom. The van der Waals surface area contributed by atoms with E-state index in [4.69, 9.17) is 0 Å². The Morgan fingerprint density at radius 3 is 2.82 bits per heavy atom. The van der Waals surface area contributed by atoms with Crippen LogP contribution in [0.15, 0.2) is 12.3 Å². The third-order valence-electron chi connectivity index (χ3n) is 1.32. The van der Waals surface area contributed by atoms with Crippen molar-refractivity contribution < 1.29 is 4.79 Å².